The summed E-state index contributed by atoms with van der Waals surface area (Å²) in [5.41, 5.74) is 0. The summed E-state index contributed by atoms with van der Waals surface area (Å²) in [6.45, 7) is 0. The molecule has 0 N–H and O–H groups in total. The number of rotatable bonds is 0. The zero-order valence-electron chi connectivity index (χ0n) is 3.68. The second kappa shape index (κ2) is 3.43. The fraction of sp³-hybridized carbons (Fsp3) is 0. The van der Waals surface area contributed by atoms with Gasteiger partial charge in [0.15, 0.2) is 0 Å². The molecule has 0 bridgehead atoms. The van der Waals surface area contributed by atoms with Gasteiger partial charge >= 0.3 is 48.0 Å². The van der Waals surface area contributed by atoms with Gasteiger partial charge in [0.25, 0.3) is 0 Å². The van der Waals surface area contributed by atoms with Crippen molar-refractivity contribution >= 4 is 14.7 Å². The van der Waals surface area contributed by atoms with Crippen molar-refractivity contribution in [3.63, 3.8) is 0 Å². The van der Waals surface area contributed by atoms with E-state index in [0.29, 0.717) is 0 Å². The average molecular weight is 150 g/mol. The predicted octanol–water partition coefficient (Wildman–Crippen LogP) is -0.00160. The van der Waals surface area contributed by atoms with E-state index in [2.05, 4.69) is 14.1 Å². The molecule has 0 aromatic rings. The first-order valence-corrected chi connectivity index (χ1v) is 4.35. The van der Waals surface area contributed by atoms with E-state index in [0.717, 1.165) is 0 Å². The summed E-state index contributed by atoms with van der Waals surface area (Å²) >= 11 is -1.65. The average Bonchev–Trinajstić information content (AvgIpc) is 1.72. The van der Waals surface area contributed by atoms with E-state index < -0.39 is 14.7 Å². The van der Waals surface area contributed by atoms with Gasteiger partial charge in [-0.25, -0.2) is 0 Å². The molecule has 0 rings (SSSR count). The van der Waals surface area contributed by atoms with Crippen LogP contribution in [0.3, 0.4) is 0 Å². The Labute approximate surface area is 48.6 Å². The normalized spacial score (nSPS) is 6.00. The summed E-state index contributed by atoms with van der Waals surface area (Å²) in [6.07, 6.45) is 14.8. The van der Waals surface area contributed by atoms with E-state index in [1.165, 1.54) is 0 Å². The van der Waals surface area contributed by atoms with Crippen LogP contribution in [-0.2, 0) is 0 Å². The van der Waals surface area contributed by atoms with Gasteiger partial charge in [-0.2, -0.15) is 0 Å². The second-order valence-electron chi connectivity index (χ2n) is 0.723. The van der Waals surface area contributed by atoms with Crippen LogP contribution in [0.2, 0.25) is 0 Å². The minimum atomic E-state index is -1.65. The zero-order chi connectivity index (χ0) is 5.70. The molecular weight excluding hydrogens is 147 g/mol. The van der Waals surface area contributed by atoms with Gasteiger partial charge in [-0.3, -0.25) is 0 Å². The molecule has 32 valence electrons. The zero-order valence-corrected chi connectivity index (χ0v) is 5.56. The molecule has 0 fully saturated rings. The molecule has 0 aliphatic rings. The summed E-state index contributed by atoms with van der Waals surface area (Å²) in [5, 5.41) is 0. The molecule has 7 heavy (non-hydrogen) atoms. The van der Waals surface area contributed by atoms with Crippen LogP contribution in [0.15, 0.2) is 0 Å². The Hall–Kier alpha value is -0.762. The predicted molar refractivity (Wildman–Crippen MR) is 32.3 cm³/mol. The summed E-state index contributed by atoms with van der Waals surface area (Å²) in [5.74, 6) is 0. The second-order valence-corrected chi connectivity index (χ2v) is 3.76. The molecule has 0 radical (unpaired) electrons. The van der Waals surface area contributed by atoms with E-state index in [9.17, 15) is 0 Å². The van der Waals surface area contributed by atoms with Crippen molar-refractivity contribution in [2.75, 3.05) is 0 Å². The Morgan fingerprint density at radius 1 is 0.857 bits per heavy atom. The summed E-state index contributed by atoms with van der Waals surface area (Å²) < 4.78 is 7.12. The van der Waals surface area contributed by atoms with Gasteiger partial charge in [-0.15, -0.1) is 0 Å². The van der Waals surface area contributed by atoms with Gasteiger partial charge in [-0.1, -0.05) is 0 Å². The van der Waals surface area contributed by atoms with Gasteiger partial charge in [-0.05, 0) is 0 Å². The molecule has 0 saturated carbocycles. The Morgan fingerprint density at radius 2 is 1.14 bits per heavy atom. The standard InChI is InChI=1S/C6H3As/c1-4-7(5-2)6-3/h1-3H. The molecule has 0 unspecified atom stereocenters. The van der Waals surface area contributed by atoms with Crippen molar-refractivity contribution in [1.29, 1.82) is 0 Å². The maximum absolute atomic E-state index is 4.92. The Kier molecular flexibility index (Phi) is 3.06. The van der Waals surface area contributed by atoms with Crippen molar-refractivity contribution < 1.29 is 0 Å². The van der Waals surface area contributed by atoms with Gasteiger partial charge < -0.3 is 0 Å². The molecule has 0 atom stereocenters. The first-order chi connectivity index (χ1) is 3.35. The minimum absolute atomic E-state index is 1.65. The molecule has 0 nitrogen and oxygen atoms in total. The summed E-state index contributed by atoms with van der Waals surface area (Å²) in [6, 6.07) is 0. The number of terminal acetylenes is 3. The van der Waals surface area contributed by atoms with Crippen molar-refractivity contribution in [3.8, 4) is 33.4 Å². The van der Waals surface area contributed by atoms with Crippen molar-refractivity contribution in [2.45, 2.75) is 0 Å². The fourth-order valence-corrected chi connectivity index (χ4v) is 0.581. The van der Waals surface area contributed by atoms with Crippen LogP contribution in [0.4, 0.5) is 0 Å². The third-order valence-corrected chi connectivity index (χ3v) is 2.01. The van der Waals surface area contributed by atoms with E-state index in [-0.39, 0.29) is 0 Å². The molecule has 0 aliphatic heterocycles. The van der Waals surface area contributed by atoms with E-state index in [1.807, 2.05) is 0 Å². The van der Waals surface area contributed by atoms with Gasteiger partial charge in [0.1, 0.15) is 0 Å². The summed E-state index contributed by atoms with van der Waals surface area (Å²) in [4.78, 5) is 0. The molecule has 0 spiro atoms. The molecule has 0 aromatic heterocycles. The van der Waals surface area contributed by atoms with Crippen molar-refractivity contribution in [2.24, 2.45) is 0 Å². The van der Waals surface area contributed by atoms with Gasteiger partial charge in [0, 0.05) is 0 Å². The Balaban J connectivity index is 3.82. The van der Waals surface area contributed by atoms with Crippen LogP contribution in [-0.4, -0.2) is 14.7 Å². The monoisotopic (exact) mass is 150 g/mol. The van der Waals surface area contributed by atoms with Crippen LogP contribution in [0.5, 0.6) is 0 Å². The number of hydrogen-bond acceptors (Lipinski definition) is 0. The molecular formula is C6H3As. The molecule has 0 heterocycles. The van der Waals surface area contributed by atoms with Crippen LogP contribution in [0.25, 0.3) is 0 Å². The van der Waals surface area contributed by atoms with Crippen molar-refractivity contribution in [3.05, 3.63) is 0 Å². The first-order valence-electron chi connectivity index (χ1n) is 1.54. The molecule has 0 amide bonds. The van der Waals surface area contributed by atoms with Crippen molar-refractivity contribution in [1.82, 2.24) is 0 Å². The topological polar surface area (TPSA) is 0 Å². The van der Waals surface area contributed by atoms with E-state index >= 15 is 0 Å². The first kappa shape index (κ1) is 6.24. The molecule has 0 aliphatic carbocycles. The van der Waals surface area contributed by atoms with Gasteiger partial charge in [0.2, 0.25) is 0 Å². The van der Waals surface area contributed by atoms with E-state index in [4.69, 9.17) is 19.3 Å². The Morgan fingerprint density at radius 3 is 1.14 bits per heavy atom. The third kappa shape index (κ3) is 2.00. The van der Waals surface area contributed by atoms with Crippen LogP contribution >= 0.6 is 0 Å². The van der Waals surface area contributed by atoms with E-state index in [1.54, 1.807) is 0 Å². The van der Waals surface area contributed by atoms with Crippen LogP contribution in [0, 0.1) is 33.4 Å². The maximum atomic E-state index is 4.92. The fourth-order valence-electron chi connectivity index (χ4n) is 0.112. The number of hydrogen-bond donors (Lipinski definition) is 0. The SMILES string of the molecule is C#C[As](C#C)C#C. The Bertz CT molecular complexity index is 127. The molecule has 0 saturated heterocycles. The quantitative estimate of drug-likeness (QED) is 0.336. The van der Waals surface area contributed by atoms with Crippen LogP contribution in [0.1, 0.15) is 0 Å². The molecule has 0 aromatic carbocycles. The third-order valence-electron chi connectivity index (χ3n) is 0.387. The van der Waals surface area contributed by atoms with Crippen LogP contribution < -0.4 is 0 Å². The molecule has 1 heteroatoms. The van der Waals surface area contributed by atoms with Gasteiger partial charge in [0.05, 0.1) is 0 Å². The summed E-state index contributed by atoms with van der Waals surface area (Å²) in [7, 11) is 0.